The number of benzene rings is 1. The van der Waals surface area contributed by atoms with Gasteiger partial charge in [-0.05, 0) is 30.4 Å². The van der Waals surface area contributed by atoms with Gasteiger partial charge in [0.1, 0.15) is 11.6 Å². The highest BCUT2D eigenvalue weighted by atomic mass is 127. The van der Waals surface area contributed by atoms with Gasteiger partial charge in [-0.2, -0.15) is 0 Å². The fourth-order valence-electron chi connectivity index (χ4n) is 3.29. The molecular weight excluding hydrogens is 411 g/mol. The van der Waals surface area contributed by atoms with Crippen molar-refractivity contribution >= 4 is 29.9 Å². The van der Waals surface area contributed by atoms with Gasteiger partial charge >= 0.3 is 0 Å². The second kappa shape index (κ2) is 6.91. The predicted molar refractivity (Wildman–Crippen MR) is 99.4 cm³/mol. The molecule has 2 fully saturated rings. The maximum atomic E-state index is 13.8. The zero-order valence-electron chi connectivity index (χ0n) is 13.8. The number of rotatable bonds is 2. The van der Waals surface area contributed by atoms with Gasteiger partial charge in [0, 0.05) is 37.7 Å². The van der Waals surface area contributed by atoms with Gasteiger partial charge in [0.15, 0.2) is 5.96 Å². The third kappa shape index (κ3) is 3.95. The van der Waals surface area contributed by atoms with Gasteiger partial charge in [0.25, 0.3) is 0 Å². The molecule has 0 radical (unpaired) electrons. The molecule has 1 aromatic rings. The van der Waals surface area contributed by atoms with E-state index in [1.807, 2.05) is 0 Å². The van der Waals surface area contributed by atoms with E-state index in [0.29, 0.717) is 0 Å². The summed E-state index contributed by atoms with van der Waals surface area (Å²) >= 11 is 0. The Bertz CT molecular complexity index is 583. The number of halogens is 3. The van der Waals surface area contributed by atoms with Gasteiger partial charge in [-0.1, -0.05) is 19.9 Å². The molecule has 1 saturated carbocycles. The smallest absolute Gasteiger partial charge is 0.193 e. The molecule has 3 nitrogen and oxygen atoms in total. The normalized spacial score (nSPS) is 26.0. The Morgan fingerprint density at radius 2 is 1.96 bits per heavy atom. The Morgan fingerprint density at radius 1 is 1.30 bits per heavy atom. The molecule has 1 N–H and O–H groups in total. The average molecular weight is 435 g/mol. The largest absolute Gasteiger partial charge is 0.353 e. The molecular formula is C17H24F2IN3. The summed E-state index contributed by atoms with van der Waals surface area (Å²) in [7, 11) is 1.76. The van der Waals surface area contributed by atoms with E-state index in [-0.39, 0.29) is 46.9 Å². The van der Waals surface area contributed by atoms with Gasteiger partial charge in [-0.25, -0.2) is 8.78 Å². The van der Waals surface area contributed by atoms with E-state index >= 15 is 0 Å². The van der Waals surface area contributed by atoms with Crippen LogP contribution in [0.1, 0.15) is 38.2 Å². The van der Waals surface area contributed by atoms with Crippen molar-refractivity contribution in [1.82, 2.24) is 10.2 Å². The number of nitrogens with one attached hydrogen (secondary N) is 1. The first kappa shape index (κ1) is 18.4. The number of guanidine groups is 1. The van der Waals surface area contributed by atoms with Crippen molar-refractivity contribution in [3.63, 3.8) is 0 Å². The van der Waals surface area contributed by atoms with E-state index in [0.717, 1.165) is 31.9 Å². The summed E-state index contributed by atoms with van der Waals surface area (Å²) in [6.07, 6.45) is 1.87. The minimum absolute atomic E-state index is 0. The first-order valence-corrected chi connectivity index (χ1v) is 7.83. The summed E-state index contributed by atoms with van der Waals surface area (Å²) < 4.78 is 27.7. The van der Waals surface area contributed by atoms with E-state index in [4.69, 9.17) is 0 Å². The van der Waals surface area contributed by atoms with E-state index in [9.17, 15) is 8.78 Å². The maximum absolute atomic E-state index is 13.8. The Morgan fingerprint density at radius 3 is 2.48 bits per heavy atom. The first-order chi connectivity index (χ1) is 10.4. The number of hydrogen-bond acceptors (Lipinski definition) is 1. The third-order valence-corrected chi connectivity index (χ3v) is 4.66. The van der Waals surface area contributed by atoms with E-state index in [1.165, 1.54) is 18.2 Å². The van der Waals surface area contributed by atoms with Crippen molar-refractivity contribution in [2.75, 3.05) is 20.1 Å². The summed E-state index contributed by atoms with van der Waals surface area (Å²) in [4.78, 5) is 6.56. The van der Waals surface area contributed by atoms with Crippen molar-refractivity contribution in [3.05, 3.63) is 35.4 Å². The van der Waals surface area contributed by atoms with Crippen LogP contribution in [0.5, 0.6) is 0 Å². The Hall–Kier alpha value is -0.920. The molecule has 2 unspecified atom stereocenters. The zero-order chi connectivity index (χ0) is 15.9. The van der Waals surface area contributed by atoms with Gasteiger partial charge in [0.2, 0.25) is 0 Å². The van der Waals surface area contributed by atoms with Crippen molar-refractivity contribution in [3.8, 4) is 0 Å². The maximum Gasteiger partial charge on any atom is 0.193 e. The lowest BCUT2D eigenvalue weighted by Gasteiger charge is -2.24. The second-order valence-electron chi connectivity index (χ2n) is 7.11. The van der Waals surface area contributed by atoms with Crippen LogP contribution in [-0.4, -0.2) is 37.0 Å². The zero-order valence-corrected chi connectivity index (χ0v) is 16.1. The Labute approximate surface area is 153 Å². The predicted octanol–water partition coefficient (Wildman–Crippen LogP) is 3.75. The lowest BCUT2D eigenvalue weighted by atomic mass is 9.93. The highest BCUT2D eigenvalue weighted by Crippen LogP contribution is 2.43. The Balaban J connectivity index is 0.00000192. The lowest BCUT2D eigenvalue weighted by molar-refractivity contribution is 0.370. The van der Waals surface area contributed by atoms with E-state index in [2.05, 4.69) is 29.1 Å². The summed E-state index contributed by atoms with van der Waals surface area (Å²) in [6, 6.07) is 4.12. The summed E-state index contributed by atoms with van der Waals surface area (Å²) in [5.41, 5.74) is 0.496. The van der Waals surface area contributed by atoms with Crippen molar-refractivity contribution < 1.29 is 8.78 Å². The molecule has 2 atom stereocenters. The van der Waals surface area contributed by atoms with E-state index in [1.54, 1.807) is 7.05 Å². The highest BCUT2D eigenvalue weighted by molar-refractivity contribution is 14.0. The van der Waals surface area contributed by atoms with Crippen LogP contribution in [0.3, 0.4) is 0 Å². The number of nitrogens with zero attached hydrogens (tertiary/aromatic N) is 2. The fourth-order valence-corrected chi connectivity index (χ4v) is 3.29. The van der Waals surface area contributed by atoms with Crippen LogP contribution in [0.15, 0.2) is 23.2 Å². The molecule has 3 rings (SSSR count). The van der Waals surface area contributed by atoms with Crippen LogP contribution in [0.2, 0.25) is 0 Å². The molecule has 2 aliphatic rings. The lowest BCUT2D eigenvalue weighted by Crippen LogP contribution is -2.42. The molecule has 0 bridgehead atoms. The van der Waals surface area contributed by atoms with Crippen molar-refractivity contribution in [2.24, 2.45) is 10.4 Å². The molecule has 0 aromatic heterocycles. The molecule has 1 heterocycles. The second-order valence-corrected chi connectivity index (χ2v) is 7.11. The van der Waals surface area contributed by atoms with Crippen LogP contribution in [0.4, 0.5) is 8.78 Å². The SMILES string of the molecule is CN=C(NC1CC1c1c(F)cccc1F)N1CCC(C)(C)C1.I. The topological polar surface area (TPSA) is 27.6 Å². The van der Waals surface area contributed by atoms with Gasteiger partial charge in [-0.3, -0.25) is 4.99 Å². The molecule has 6 heteroatoms. The fraction of sp³-hybridized carbons (Fsp3) is 0.588. The van der Waals surface area contributed by atoms with Crippen LogP contribution >= 0.6 is 24.0 Å². The number of likely N-dealkylation sites (tertiary alicyclic amines) is 1. The molecule has 1 aliphatic carbocycles. The highest BCUT2D eigenvalue weighted by Gasteiger charge is 2.43. The third-order valence-electron chi connectivity index (χ3n) is 4.66. The van der Waals surface area contributed by atoms with Crippen LogP contribution < -0.4 is 5.32 Å². The monoisotopic (exact) mass is 435 g/mol. The molecule has 0 amide bonds. The van der Waals surface area contributed by atoms with E-state index < -0.39 is 11.6 Å². The quantitative estimate of drug-likeness (QED) is 0.436. The molecule has 1 aromatic carbocycles. The van der Waals surface area contributed by atoms with Crippen molar-refractivity contribution in [1.29, 1.82) is 0 Å². The van der Waals surface area contributed by atoms with Crippen LogP contribution in [0.25, 0.3) is 0 Å². The minimum atomic E-state index is -0.452. The van der Waals surface area contributed by atoms with Gasteiger partial charge in [-0.15, -0.1) is 24.0 Å². The summed E-state index contributed by atoms with van der Waals surface area (Å²) in [5.74, 6) is -0.165. The summed E-state index contributed by atoms with van der Waals surface area (Å²) in [6.45, 7) is 6.42. The molecule has 0 spiro atoms. The molecule has 1 aliphatic heterocycles. The first-order valence-electron chi connectivity index (χ1n) is 7.83. The van der Waals surface area contributed by atoms with Gasteiger partial charge in [0.05, 0.1) is 0 Å². The molecule has 1 saturated heterocycles. The van der Waals surface area contributed by atoms with Crippen LogP contribution in [0, 0.1) is 17.0 Å². The molecule has 128 valence electrons. The van der Waals surface area contributed by atoms with Crippen LogP contribution in [-0.2, 0) is 0 Å². The number of aliphatic imine (C=N–C) groups is 1. The standard InChI is InChI=1S/C17H23F2N3.HI/c1-17(2)7-8-22(10-17)16(20-3)21-14-9-11(14)15-12(18)5-4-6-13(15)19;/h4-6,11,14H,7-10H2,1-3H3,(H,20,21);1H. The van der Waals surface area contributed by atoms with Crippen molar-refractivity contribution in [2.45, 2.75) is 38.6 Å². The van der Waals surface area contributed by atoms with Gasteiger partial charge < -0.3 is 10.2 Å². The minimum Gasteiger partial charge on any atom is -0.353 e. The average Bonchev–Trinajstić information content (AvgIpc) is 3.10. The number of hydrogen-bond donors (Lipinski definition) is 1. The molecule has 23 heavy (non-hydrogen) atoms. The summed E-state index contributed by atoms with van der Waals surface area (Å²) in [5, 5.41) is 3.37. The Kier molecular flexibility index (Phi) is 5.53.